The minimum Gasteiger partial charge on any atom is -0.380 e. The number of halogens is 2. The fourth-order valence-corrected chi connectivity index (χ4v) is 4.37. The molecule has 0 saturated carbocycles. The molecule has 3 rings (SSSR count). The fourth-order valence-electron chi connectivity index (χ4n) is 2.89. The van der Waals surface area contributed by atoms with E-state index < -0.39 is 33.7 Å². The van der Waals surface area contributed by atoms with E-state index in [0.717, 1.165) is 12.1 Å². The zero-order chi connectivity index (χ0) is 18.0. The van der Waals surface area contributed by atoms with Crippen molar-refractivity contribution in [3.8, 4) is 0 Å². The van der Waals surface area contributed by atoms with E-state index in [9.17, 15) is 22.0 Å². The lowest BCUT2D eigenvalue weighted by molar-refractivity contribution is -0.119. The summed E-state index contributed by atoms with van der Waals surface area (Å²) in [6.45, 7) is 1.12. The van der Waals surface area contributed by atoms with Crippen LogP contribution >= 0.6 is 0 Å². The zero-order valence-electron chi connectivity index (χ0n) is 13.4. The molecule has 2 N–H and O–H groups in total. The van der Waals surface area contributed by atoms with Crippen molar-refractivity contribution in [3.05, 3.63) is 29.8 Å². The number of anilines is 1. The number of ether oxygens (including phenoxy) is 1. The Morgan fingerprint density at radius 1 is 1.24 bits per heavy atom. The molecule has 2 fully saturated rings. The average Bonchev–Trinajstić information content (AvgIpc) is 3.22. The van der Waals surface area contributed by atoms with Gasteiger partial charge in [0, 0.05) is 37.5 Å². The largest absolute Gasteiger partial charge is 0.380 e. The van der Waals surface area contributed by atoms with Crippen molar-refractivity contribution in [2.24, 2.45) is 5.92 Å². The van der Waals surface area contributed by atoms with E-state index in [1.165, 1.54) is 10.4 Å². The molecule has 0 radical (unpaired) electrons. The molecular weight excluding hydrogens is 356 g/mol. The fraction of sp³-hybridized carbons (Fsp3) is 0.533. The summed E-state index contributed by atoms with van der Waals surface area (Å²) in [5.74, 6) is -3.04. The molecule has 2 aliphatic rings. The Morgan fingerprint density at radius 3 is 2.72 bits per heavy atom. The predicted octanol–water partition coefficient (Wildman–Crippen LogP) is 0.849. The van der Waals surface area contributed by atoms with Gasteiger partial charge in [-0.2, -0.15) is 17.4 Å². The van der Waals surface area contributed by atoms with E-state index in [-0.39, 0.29) is 24.8 Å². The molecule has 0 aliphatic carbocycles. The van der Waals surface area contributed by atoms with Crippen molar-refractivity contribution in [3.63, 3.8) is 0 Å². The van der Waals surface area contributed by atoms with Crippen LogP contribution < -0.4 is 10.0 Å². The number of nitrogens with zero attached hydrogens (tertiary/aromatic N) is 1. The number of amides is 1. The highest BCUT2D eigenvalue weighted by Crippen LogP contribution is 2.22. The molecular formula is C15H19F2N3O4S. The Morgan fingerprint density at radius 2 is 2.04 bits per heavy atom. The molecule has 2 saturated heterocycles. The molecule has 7 nitrogen and oxygen atoms in total. The summed E-state index contributed by atoms with van der Waals surface area (Å²) >= 11 is 0. The first-order valence-electron chi connectivity index (χ1n) is 7.96. The van der Waals surface area contributed by atoms with Gasteiger partial charge in [-0.3, -0.25) is 4.79 Å². The maximum atomic E-state index is 13.2. The van der Waals surface area contributed by atoms with Crippen LogP contribution in [-0.4, -0.2) is 51.0 Å². The van der Waals surface area contributed by atoms with Crippen LogP contribution in [0.3, 0.4) is 0 Å². The summed E-state index contributed by atoms with van der Waals surface area (Å²) in [5.41, 5.74) is 0.131. The van der Waals surface area contributed by atoms with E-state index in [4.69, 9.17) is 4.74 Å². The SMILES string of the molecule is O=C(Nc1ccc(F)c(F)c1)C1CCN(S(=O)(=O)N[C@H]2CCOC2)C1. The second kappa shape index (κ2) is 7.32. The van der Waals surface area contributed by atoms with Gasteiger partial charge in [-0.1, -0.05) is 0 Å². The summed E-state index contributed by atoms with van der Waals surface area (Å²) < 4.78 is 59.7. The standard InChI is InChI=1S/C15H19F2N3O4S/c16-13-2-1-11(7-14(13)17)18-15(21)10-3-5-20(8-10)25(22,23)19-12-4-6-24-9-12/h1-2,7,10,12,19H,3-6,8-9H2,(H,18,21)/t10?,12-/m0/s1. The maximum absolute atomic E-state index is 13.2. The average molecular weight is 375 g/mol. The summed E-state index contributed by atoms with van der Waals surface area (Å²) in [6.07, 6.45) is 0.977. The van der Waals surface area contributed by atoms with Crippen LogP contribution in [0.1, 0.15) is 12.8 Å². The normalized spacial score (nSPS) is 24.6. The van der Waals surface area contributed by atoms with E-state index in [1.807, 2.05) is 0 Å². The van der Waals surface area contributed by atoms with Gasteiger partial charge < -0.3 is 10.1 Å². The molecule has 10 heteroatoms. The minimum atomic E-state index is -3.68. The first-order chi connectivity index (χ1) is 11.8. The molecule has 1 aromatic carbocycles. The Hall–Kier alpha value is -1.62. The van der Waals surface area contributed by atoms with Crippen molar-refractivity contribution < 1.29 is 26.7 Å². The van der Waals surface area contributed by atoms with Crippen molar-refractivity contribution in [1.29, 1.82) is 0 Å². The molecule has 138 valence electrons. The van der Waals surface area contributed by atoms with Crippen molar-refractivity contribution in [2.75, 3.05) is 31.6 Å². The first kappa shape index (κ1) is 18.2. The van der Waals surface area contributed by atoms with Crippen LogP contribution in [0.25, 0.3) is 0 Å². The second-order valence-electron chi connectivity index (χ2n) is 6.15. The van der Waals surface area contributed by atoms with Gasteiger partial charge in [-0.25, -0.2) is 8.78 Å². The Bertz CT molecular complexity index is 753. The molecule has 2 heterocycles. The third-order valence-electron chi connectivity index (χ3n) is 4.29. The number of carbonyl (C=O) groups is 1. The first-order valence-corrected chi connectivity index (χ1v) is 9.40. The quantitative estimate of drug-likeness (QED) is 0.799. The van der Waals surface area contributed by atoms with Crippen LogP contribution in [0.15, 0.2) is 18.2 Å². The summed E-state index contributed by atoms with van der Waals surface area (Å²) in [4.78, 5) is 12.2. The summed E-state index contributed by atoms with van der Waals surface area (Å²) in [5, 5.41) is 2.49. The Labute approximate surface area is 144 Å². The molecule has 0 spiro atoms. The van der Waals surface area contributed by atoms with Crippen LogP contribution in [0.2, 0.25) is 0 Å². The topological polar surface area (TPSA) is 87.7 Å². The third kappa shape index (κ3) is 4.32. The van der Waals surface area contributed by atoms with Crippen LogP contribution in [0.5, 0.6) is 0 Å². The van der Waals surface area contributed by atoms with Crippen LogP contribution in [-0.2, 0) is 19.7 Å². The number of hydrogen-bond acceptors (Lipinski definition) is 4. The van der Waals surface area contributed by atoms with E-state index in [2.05, 4.69) is 10.0 Å². The smallest absolute Gasteiger partial charge is 0.279 e. The number of rotatable bonds is 5. The number of benzene rings is 1. The highest BCUT2D eigenvalue weighted by atomic mass is 32.2. The highest BCUT2D eigenvalue weighted by Gasteiger charge is 2.36. The molecule has 1 unspecified atom stereocenters. The Kier molecular flexibility index (Phi) is 5.32. The van der Waals surface area contributed by atoms with Gasteiger partial charge in [-0.15, -0.1) is 0 Å². The molecule has 25 heavy (non-hydrogen) atoms. The molecule has 1 amide bonds. The van der Waals surface area contributed by atoms with Gasteiger partial charge in [0.05, 0.1) is 12.5 Å². The van der Waals surface area contributed by atoms with E-state index >= 15 is 0 Å². The molecule has 2 atom stereocenters. The van der Waals surface area contributed by atoms with Gasteiger partial charge in [0.1, 0.15) is 0 Å². The predicted molar refractivity (Wildman–Crippen MR) is 85.9 cm³/mol. The van der Waals surface area contributed by atoms with Gasteiger partial charge in [-0.05, 0) is 25.0 Å². The summed E-state index contributed by atoms with van der Waals surface area (Å²) in [7, 11) is -3.68. The molecule has 0 aromatic heterocycles. The lowest BCUT2D eigenvalue weighted by Gasteiger charge is -2.19. The van der Waals surface area contributed by atoms with E-state index in [1.54, 1.807) is 0 Å². The van der Waals surface area contributed by atoms with Gasteiger partial charge >= 0.3 is 0 Å². The zero-order valence-corrected chi connectivity index (χ0v) is 14.2. The molecule has 0 bridgehead atoms. The molecule has 2 aliphatic heterocycles. The van der Waals surface area contributed by atoms with Crippen molar-refractivity contribution in [2.45, 2.75) is 18.9 Å². The number of nitrogens with one attached hydrogen (secondary N) is 2. The summed E-state index contributed by atoms with van der Waals surface area (Å²) in [6, 6.07) is 2.81. The highest BCUT2D eigenvalue weighted by molar-refractivity contribution is 7.87. The van der Waals surface area contributed by atoms with Crippen molar-refractivity contribution in [1.82, 2.24) is 9.03 Å². The van der Waals surface area contributed by atoms with Crippen LogP contribution in [0, 0.1) is 17.6 Å². The molecule has 1 aromatic rings. The van der Waals surface area contributed by atoms with E-state index in [0.29, 0.717) is 26.1 Å². The maximum Gasteiger partial charge on any atom is 0.279 e. The third-order valence-corrected chi connectivity index (χ3v) is 5.94. The monoisotopic (exact) mass is 375 g/mol. The minimum absolute atomic E-state index is 0.0401. The van der Waals surface area contributed by atoms with Gasteiger partial charge in [0.2, 0.25) is 5.91 Å². The van der Waals surface area contributed by atoms with Crippen LogP contribution in [0.4, 0.5) is 14.5 Å². The number of carbonyl (C=O) groups excluding carboxylic acids is 1. The lowest BCUT2D eigenvalue weighted by Crippen LogP contribution is -2.45. The lowest BCUT2D eigenvalue weighted by atomic mass is 10.1. The van der Waals surface area contributed by atoms with Gasteiger partial charge in [0.25, 0.3) is 10.2 Å². The second-order valence-corrected chi connectivity index (χ2v) is 7.85. The van der Waals surface area contributed by atoms with Gasteiger partial charge in [0.15, 0.2) is 11.6 Å². The Balaban J connectivity index is 1.57. The number of hydrogen-bond donors (Lipinski definition) is 2. The van der Waals surface area contributed by atoms with Crippen molar-refractivity contribution >= 4 is 21.8 Å².